The van der Waals surface area contributed by atoms with Crippen molar-refractivity contribution in [2.75, 3.05) is 23.7 Å². The van der Waals surface area contributed by atoms with E-state index in [0.717, 1.165) is 24.7 Å². The molecule has 1 N–H and O–H groups in total. The van der Waals surface area contributed by atoms with Gasteiger partial charge in [0.15, 0.2) is 5.88 Å². The number of hydrogen-bond acceptors (Lipinski definition) is 5. The summed E-state index contributed by atoms with van der Waals surface area (Å²) in [4.78, 5) is 14.0. The van der Waals surface area contributed by atoms with Crippen LogP contribution in [-0.4, -0.2) is 31.0 Å². The van der Waals surface area contributed by atoms with Crippen LogP contribution >= 0.6 is 11.8 Å². The number of furan rings is 1. The summed E-state index contributed by atoms with van der Waals surface area (Å²) in [7, 11) is 0. The average Bonchev–Trinajstić information content (AvgIpc) is 3.04. The van der Waals surface area contributed by atoms with Crippen molar-refractivity contribution in [1.29, 1.82) is 0 Å². The van der Waals surface area contributed by atoms with Crippen molar-refractivity contribution in [1.82, 2.24) is 5.43 Å². The number of hydrogen-bond donors (Lipinski definition) is 1. The number of carbonyl (C=O) groups excluding carboxylic acids is 1. The molecule has 0 aliphatic rings. The van der Waals surface area contributed by atoms with E-state index < -0.39 is 0 Å². The van der Waals surface area contributed by atoms with Gasteiger partial charge >= 0.3 is 0 Å². The van der Waals surface area contributed by atoms with Crippen LogP contribution in [-0.2, 0) is 10.5 Å². The highest BCUT2D eigenvalue weighted by Gasteiger charge is 2.06. The summed E-state index contributed by atoms with van der Waals surface area (Å²) in [6, 6.07) is 10.2. The Morgan fingerprint density at radius 2 is 1.88 bits per heavy atom. The monoisotopic (exact) mass is 373 g/mol. The van der Waals surface area contributed by atoms with Crippen molar-refractivity contribution in [3.8, 4) is 0 Å². The van der Waals surface area contributed by atoms with Gasteiger partial charge in [0.1, 0.15) is 5.76 Å². The smallest absolute Gasteiger partial charge is 0.250 e. The third-order valence-electron chi connectivity index (χ3n) is 3.85. The van der Waals surface area contributed by atoms with Crippen molar-refractivity contribution < 1.29 is 9.21 Å². The van der Waals surface area contributed by atoms with Crippen molar-refractivity contribution in [2.45, 2.75) is 33.4 Å². The van der Waals surface area contributed by atoms with E-state index >= 15 is 0 Å². The van der Waals surface area contributed by atoms with Crippen LogP contribution in [0.4, 0.5) is 5.88 Å². The molecule has 0 spiro atoms. The maximum absolute atomic E-state index is 11.9. The zero-order valence-corrected chi connectivity index (χ0v) is 16.7. The van der Waals surface area contributed by atoms with E-state index in [9.17, 15) is 4.79 Å². The highest BCUT2D eigenvalue weighted by molar-refractivity contribution is 7.99. The molecule has 2 rings (SSSR count). The Kier molecular flexibility index (Phi) is 7.78. The molecule has 0 radical (unpaired) electrons. The largest absolute Gasteiger partial charge is 0.440 e. The molecular weight excluding hydrogens is 346 g/mol. The minimum Gasteiger partial charge on any atom is -0.440 e. The molecule has 6 heteroatoms. The van der Waals surface area contributed by atoms with E-state index in [1.165, 1.54) is 22.9 Å². The lowest BCUT2D eigenvalue weighted by molar-refractivity contribution is -0.118. The number of rotatable bonds is 9. The number of thioether (sulfide) groups is 1. The van der Waals surface area contributed by atoms with Crippen LogP contribution in [0.3, 0.4) is 0 Å². The number of carbonyl (C=O) groups is 1. The molecular formula is C20H27N3O2S. The molecule has 1 aromatic heterocycles. The fraction of sp³-hybridized carbons (Fsp3) is 0.400. The molecule has 2 aromatic rings. The second-order valence-electron chi connectivity index (χ2n) is 6.13. The fourth-order valence-corrected chi connectivity index (χ4v) is 3.49. The SMILES string of the molecule is CCN(CC)c1ccc(/C=N\NC(=O)CSCc2cc(C)cc(C)c2)o1. The zero-order chi connectivity index (χ0) is 18.9. The number of anilines is 1. The van der Waals surface area contributed by atoms with E-state index in [2.05, 4.69) is 61.3 Å². The maximum atomic E-state index is 11.9. The maximum Gasteiger partial charge on any atom is 0.250 e. The molecule has 0 unspecified atom stereocenters. The van der Waals surface area contributed by atoms with Gasteiger partial charge in [-0.2, -0.15) is 5.10 Å². The Bertz CT molecular complexity index is 731. The van der Waals surface area contributed by atoms with Crippen molar-refractivity contribution >= 4 is 29.8 Å². The first-order chi connectivity index (χ1) is 12.5. The van der Waals surface area contributed by atoms with Gasteiger partial charge in [-0.15, -0.1) is 11.8 Å². The zero-order valence-electron chi connectivity index (χ0n) is 15.9. The third kappa shape index (κ3) is 6.26. The first-order valence-corrected chi connectivity index (χ1v) is 9.99. The van der Waals surface area contributed by atoms with Gasteiger partial charge in [-0.1, -0.05) is 29.3 Å². The van der Waals surface area contributed by atoms with E-state index in [0.29, 0.717) is 11.5 Å². The predicted octanol–water partition coefficient (Wildman–Crippen LogP) is 4.13. The molecule has 140 valence electrons. The molecule has 1 aromatic carbocycles. The summed E-state index contributed by atoms with van der Waals surface area (Å²) >= 11 is 1.58. The van der Waals surface area contributed by atoms with Gasteiger partial charge in [-0.25, -0.2) is 5.43 Å². The Labute approximate surface area is 159 Å². The van der Waals surface area contributed by atoms with Crippen molar-refractivity contribution in [3.63, 3.8) is 0 Å². The van der Waals surface area contributed by atoms with Crippen LogP contribution in [0.25, 0.3) is 0 Å². The summed E-state index contributed by atoms with van der Waals surface area (Å²) in [5.41, 5.74) is 6.28. The number of hydrazone groups is 1. The van der Waals surface area contributed by atoms with Gasteiger partial charge in [-0.3, -0.25) is 4.79 Å². The number of nitrogens with zero attached hydrogens (tertiary/aromatic N) is 2. The summed E-state index contributed by atoms with van der Waals surface area (Å²) in [6.07, 6.45) is 1.53. The number of benzene rings is 1. The van der Waals surface area contributed by atoms with Gasteiger partial charge in [0, 0.05) is 24.9 Å². The third-order valence-corrected chi connectivity index (χ3v) is 4.86. The number of amides is 1. The molecule has 0 saturated heterocycles. The lowest BCUT2D eigenvalue weighted by Crippen LogP contribution is -2.21. The molecule has 26 heavy (non-hydrogen) atoms. The summed E-state index contributed by atoms with van der Waals surface area (Å²) in [5, 5.41) is 3.97. The highest BCUT2D eigenvalue weighted by atomic mass is 32.2. The Hall–Kier alpha value is -2.21. The van der Waals surface area contributed by atoms with Crippen LogP contribution in [0.5, 0.6) is 0 Å². The van der Waals surface area contributed by atoms with Gasteiger partial charge in [0.2, 0.25) is 5.91 Å². The first kappa shape index (κ1) is 20.1. The Morgan fingerprint density at radius 3 is 2.54 bits per heavy atom. The molecule has 0 aliphatic carbocycles. The van der Waals surface area contributed by atoms with Crippen LogP contribution in [0.15, 0.2) is 39.9 Å². The average molecular weight is 374 g/mol. The molecule has 0 saturated carbocycles. The quantitative estimate of drug-likeness (QED) is 0.530. The van der Waals surface area contributed by atoms with Gasteiger partial charge in [-0.05, 0) is 39.3 Å². The number of aryl methyl sites for hydroxylation is 2. The minimum atomic E-state index is -0.119. The fourth-order valence-electron chi connectivity index (χ4n) is 2.73. The summed E-state index contributed by atoms with van der Waals surface area (Å²) in [6.45, 7) is 10.1. The van der Waals surface area contributed by atoms with Crippen LogP contribution in [0, 0.1) is 13.8 Å². The number of nitrogens with one attached hydrogen (secondary N) is 1. The van der Waals surface area contributed by atoms with E-state index in [1.54, 1.807) is 11.8 Å². The topological polar surface area (TPSA) is 57.8 Å². The van der Waals surface area contributed by atoms with Crippen LogP contribution in [0.2, 0.25) is 0 Å². The molecule has 0 fully saturated rings. The summed E-state index contributed by atoms with van der Waals surface area (Å²) in [5.74, 6) is 2.49. The Balaban J connectivity index is 1.75. The lowest BCUT2D eigenvalue weighted by Gasteiger charge is -2.16. The highest BCUT2D eigenvalue weighted by Crippen LogP contribution is 2.17. The standard InChI is InChI=1S/C20H27N3O2S/c1-5-23(6-2)20-8-7-18(25-20)12-21-22-19(24)14-26-13-17-10-15(3)9-16(4)11-17/h7-12H,5-6,13-14H2,1-4H3,(H,22,24)/b21-12-. The lowest BCUT2D eigenvalue weighted by atomic mass is 10.1. The van der Waals surface area contributed by atoms with E-state index in [-0.39, 0.29) is 5.91 Å². The van der Waals surface area contributed by atoms with Gasteiger partial charge < -0.3 is 9.32 Å². The van der Waals surface area contributed by atoms with Crippen molar-refractivity contribution in [3.05, 3.63) is 52.8 Å². The molecule has 0 bridgehead atoms. The normalized spacial score (nSPS) is 11.1. The first-order valence-electron chi connectivity index (χ1n) is 8.83. The second kappa shape index (κ2) is 10.1. The van der Waals surface area contributed by atoms with E-state index in [1.807, 2.05) is 12.1 Å². The second-order valence-corrected chi connectivity index (χ2v) is 7.12. The van der Waals surface area contributed by atoms with E-state index in [4.69, 9.17) is 4.42 Å². The predicted molar refractivity (Wildman–Crippen MR) is 110 cm³/mol. The minimum absolute atomic E-state index is 0.119. The molecule has 0 atom stereocenters. The molecule has 1 heterocycles. The van der Waals surface area contributed by atoms with Crippen molar-refractivity contribution in [2.24, 2.45) is 5.10 Å². The van der Waals surface area contributed by atoms with Crippen LogP contribution in [0.1, 0.15) is 36.3 Å². The molecule has 1 amide bonds. The van der Waals surface area contributed by atoms with Gasteiger partial charge in [0.25, 0.3) is 0 Å². The molecule has 0 aliphatic heterocycles. The Morgan fingerprint density at radius 1 is 1.19 bits per heavy atom. The molecule has 5 nitrogen and oxygen atoms in total. The summed E-state index contributed by atoms with van der Waals surface area (Å²) < 4.78 is 5.69. The van der Waals surface area contributed by atoms with Gasteiger partial charge in [0.05, 0.1) is 12.0 Å². The van der Waals surface area contributed by atoms with Crippen LogP contribution < -0.4 is 10.3 Å².